The Kier molecular flexibility index (Phi) is 4.18. The number of hydrogen-bond acceptors (Lipinski definition) is 4. The van der Waals surface area contributed by atoms with Crippen molar-refractivity contribution in [1.29, 1.82) is 0 Å². The normalized spacial score (nSPS) is 14.1. The summed E-state index contributed by atoms with van der Waals surface area (Å²) in [6.07, 6.45) is 8.42. The predicted molar refractivity (Wildman–Crippen MR) is 78.5 cm³/mol. The molecule has 0 N–H and O–H groups in total. The summed E-state index contributed by atoms with van der Waals surface area (Å²) in [4.78, 5) is 20.0. The van der Waals surface area contributed by atoms with E-state index in [1.165, 1.54) is 6.07 Å². The molecular weight excluding hydrogens is 285 g/mol. The smallest absolute Gasteiger partial charge is 0.356 e. The first-order chi connectivity index (χ1) is 10.7. The molecule has 3 rings (SSSR count). The van der Waals surface area contributed by atoms with Crippen molar-refractivity contribution in [3.8, 4) is 5.69 Å². The molecule has 116 valence electrons. The lowest BCUT2D eigenvalue weighted by atomic mass is 10.3. The molecule has 0 amide bonds. The Labute approximate surface area is 128 Å². The van der Waals surface area contributed by atoms with Crippen molar-refractivity contribution in [2.45, 2.75) is 38.5 Å². The summed E-state index contributed by atoms with van der Waals surface area (Å²) >= 11 is 0. The number of ether oxygens (including phenoxy) is 1. The van der Waals surface area contributed by atoms with Crippen molar-refractivity contribution in [2.75, 3.05) is 6.61 Å². The maximum absolute atomic E-state index is 14.0. The fraction of sp³-hybridized carbons (Fsp3) is 0.438. The minimum Gasteiger partial charge on any atom is -0.461 e. The van der Waals surface area contributed by atoms with Crippen LogP contribution in [0.1, 0.15) is 54.7 Å². The highest BCUT2D eigenvalue weighted by Crippen LogP contribution is 2.39. The fourth-order valence-corrected chi connectivity index (χ4v) is 2.18. The Morgan fingerprint density at radius 1 is 1.45 bits per heavy atom. The average Bonchev–Trinajstić information content (AvgIpc) is 3.26. The maximum Gasteiger partial charge on any atom is 0.356 e. The van der Waals surface area contributed by atoms with E-state index < -0.39 is 11.8 Å². The van der Waals surface area contributed by atoms with Crippen LogP contribution in [0.5, 0.6) is 0 Å². The van der Waals surface area contributed by atoms with Crippen LogP contribution < -0.4 is 0 Å². The van der Waals surface area contributed by atoms with Gasteiger partial charge in [0.15, 0.2) is 11.5 Å². The maximum atomic E-state index is 14.0. The van der Waals surface area contributed by atoms with Crippen LogP contribution in [0.4, 0.5) is 4.39 Å². The van der Waals surface area contributed by atoms with Gasteiger partial charge < -0.3 is 9.30 Å². The predicted octanol–water partition coefficient (Wildman–Crippen LogP) is 3.24. The van der Waals surface area contributed by atoms with Crippen molar-refractivity contribution in [1.82, 2.24) is 14.5 Å². The molecule has 0 unspecified atom stereocenters. The average molecular weight is 303 g/mol. The lowest BCUT2D eigenvalue weighted by Gasteiger charge is -2.07. The highest BCUT2D eigenvalue weighted by atomic mass is 19.1. The molecule has 0 saturated heterocycles. The van der Waals surface area contributed by atoms with Gasteiger partial charge in [0.2, 0.25) is 0 Å². The quantitative estimate of drug-likeness (QED) is 0.607. The molecule has 5 nitrogen and oxygen atoms in total. The summed E-state index contributed by atoms with van der Waals surface area (Å²) < 4.78 is 20.7. The highest BCUT2D eigenvalue weighted by molar-refractivity contribution is 5.87. The molecule has 0 bridgehead atoms. The van der Waals surface area contributed by atoms with E-state index in [1.807, 2.05) is 13.1 Å². The van der Waals surface area contributed by atoms with E-state index in [-0.39, 0.29) is 11.4 Å². The molecule has 6 heteroatoms. The number of carbonyl (C=O) groups excluding carboxylic acids is 1. The van der Waals surface area contributed by atoms with Crippen LogP contribution in [0.2, 0.25) is 0 Å². The first kappa shape index (κ1) is 14.7. The van der Waals surface area contributed by atoms with Gasteiger partial charge in [-0.1, -0.05) is 13.3 Å². The van der Waals surface area contributed by atoms with Gasteiger partial charge in [-0.3, -0.25) is 0 Å². The van der Waals surface area contributed by atoms with Gasteiger partial charge in [0.25, 0.3) is 0 Å². The fourth-order valence-electron chi connectivity index (χ4n) is 2.18. The molecule has 1 aliphatic carbocycles. The van der Waals surface area contributed by atoms with E-state index in [0.29, 0.717) is 12.5 Å². The molecule has 2 aromatic heterocycles. The monoisotopic (exact) mass is 303 g/mol. The van der Waals surface area contributed by atoms with E-state index in [0.717, 1.165) is 37.6 Å². The van der Waals surface area contributed by atoms with E-state index in [9.17, 15) is 9.18 Å². The van der Waals surface area contributed by atoms with E-state index in [2.05, 4.69) is 9.97 Å². The summed E-state index contributed by atoms with van der Waals surface area (Å²) in [5.41, 5.74) is 1.33. The van der Waals surface area contributed by atoms with Crippen molar-refractivity contribution in [3.63, 3.8) is 0 Å². The van der Waals surface area contributed by atoms with Crippen LogP contribution in [0, 0.1) is 5.82 Å². The van der Waals surface area contributed by atoms with Crippen LogP contribution in [0.15, 0.2) is 24.8 Å². The first-order valence-electron chi connectivity index (χ1n) is 7.56. The van der Waals surface area contributed by atoms with Gasteiger partial charge in [0.05, 0.1) is 30.5 Å². The third-order valence-electron chi connectivity index (χ3n) is 3.65. The molecule has 2 aromatic rings. The van der Waals surface area contributed by atoms with E-state index in [1.54, 1.807) is 10.9 Å². The lowest BCUT2D eigenvalue weighted by Crippen LogP contribution is -2.10. The number of aromatic nitrogens is 3. The summed E-state index contributed by atoms with van der Waals surface area (Å²) in [6.45, 7) is 2.36. The summed E-state index contributed by atoms with van der Waals surface area (Å²) in [5, 5.41) is 0. The van der Waals surface area contributed by atoms with Gasteiger partial charge in [-0.05, 0) is 25.3 Å². The molecule has 1 saturated carbocycles. The van der Waals surface area contributed by atoms with Gasteiger partial charge in [-0.25, -0.2) is 19.2 Å². The molecule has 22 heavy (non-hydrogen) atoms. The second kappa shape index (κ2) is 6.25. The summed E-state index contributed by atoms with van der Waals surface area (Å²) in [6, 6.07) is 1.40. The Balaban J connectivity index is 1.80. The van der Waals surface area contributed by atoms with Crippen LogP contribution >= 0.6 is 0 Å². The number of rotatable bonds is 6. The molecular formula is C16H18FN3O2. The molecule has 1 fully saturated rings. The molecule has 0 spiro atoms. The molecule has 0 atom stereocenters. The standard InChI is InChI=1S/C16H18FN3O2/c1-2-3-6-22-16(21)13-7-15(12(17)8-18-13)20-9-14(19-10-20)11-4-5-11/h7-11H,2-6H2,1H3. The zero-order valence-electron chi connectivity index (χ0n) is 12.5. The van der Waals surface area contributed by atoms with Crippen molar-refractivity contribution >= 4 is 5.97 Å². The van der Waals surface area contributed by atoms with E-state index in [4.69, 9.17) is 4.74 Å². The minimum absolute atomic E-state index is 0.106. The summed E-state index contributed by atoms with van der Waals surface area (Å²) in [7, 11) is 0. The number of hydrogen-bond donors (Lipinski definition) is 0. The zero-order chi connectivity index (χ0) is 15.5. The topological polar surface area (TPSA) is 57.0 Å². The van der Waals surface area contributed by atoms with Crippen LogP contribution in [-0.2, 0) is 4.74 Å². The largest absolute Gasteiger partial charge is 0.461 e. The Bertz CT molecular complexity index is 680. The number of nitrogens with zero attached hydrogens (tertiary/aromatic N) is 3. The molecule has 0 aliphatic heterocycles. The van der Waals surface area contributed by atoms with Crippen LogP contribution in [0.3, 0.4) is 0 Å². The third kappa shape index (κ3) is 3.16. The second-order valence-corrected chi connectivity index (χ2v) is 5.49. The van der Waals surface area contributed by atoms with Crippen molar-refractivity contribution in [2.24, 2.45) is 0 Å². The minimum atomic E-state index is -0.530. The van der Waals surface area contributed by atoms with Crippen LogP contribution in [0.25, 0.3) is 5.69 Å². The SMILES string of the molecule is CCCCOC(=O)c1cc(-n2cnc(C3CC3)c2)c(F)cn1. The number of carbonyl (C=O) groups is 1. The van der Waals surface area contributed by atoms with Gasteiger partial charge in [0.1, 0.15) is 0 Å². The molecule has 2 heterocycles. The number of pyridine rings is 1. The number of imidazole rings is 1. The molecule has 1 aliphatic rings. The Morgan fingerprint density at radius 3 is 3.00 bits per heavy atom. The van der Waals surface area contributed by atoms with Gasteiger partial charge in [-0.2, -0.15) is 0 Å². The van der Waals surface area contributed by atoms with E-state index >= 15 is 0 Å². The second-order valence-electron chi connectivity index (χ2n) is 5.49. The van der Waals surface area contributed by atoms with Gasteiger partial charge in [0, 0.05) is 12.1 Å². The van der Waals surface area contributed by atoms with Gasteiger partial charge in [-0.15, -0.1) is 0 Å². The van der Waals surface area contributed by atoms with Crippen molar-refractivity contribution in [3.05, 3.63) is 42.0 Å². The number of halogens is 1. The molecule has 0 aromatic carbocycles. The van der Waals surface area contributed by atoms with Crippen molar-refractivity contribution < 1.29 is 13.9 Å². The highest BCUT2D eigenvalue weighted by Gasteiger charge is 2.26. The van der Waals surface area contributed by atoms with Gasteiger partial charge >= 0.3 is 5.97 Å². The zero-order valence-corrected chi connectivity index (χ0v) is 12.5. The van der Waals surface area contributed by atoms with Crippen LogP contribution in [-0.4, -0.2) is 27.1 Å². The third-order valence-corrected chi connectivity index (χ3v) is 3.65. The number of esters is 1. The lowest BCUT2D eigenvalue weighted by molar-refractivity contribution is 0.0492. The number of unbranched alkanes of at least 4 members (excludes halogenated alkanes) is 1. The molecule has 0 radical (unpaired) electrons. The summed E-state index contributed by atoms with van der Waals surface area (Å²) in [5.74, 6) is -0.535. The Hall–Kier alpha value is -2.24. The first-order valence-corrected chi connectivity index (χ1v) is 7.56. The Morgan fingerprint density at radius 2 is 2.27 bits per heavy atom.